The van der Waals surface area contributed by atoms with Gasteiger partial charge in [-0.15, -0.1) is 0 Å². The van der Waals surface area contributed by atoms with E-state index in [2.05, 4.69) is 4.74 Å². The summed E-state index contributed by atoms with van der Waals surface area (Å²) in [4.78, 5) is 22.5. The highest BCUT2D eigenvalue weighted by Gasteiger charge is 2.52. The summed E-state index contributed by atoms with van der Waals surface area (Å²) in [5.74, 6) is -5.62. The van der Waals surface area contributed by atoms with Crippen LogP contribution in [0.2, 0.25) is 0 Å². The predicted molar refractivity (Wildman–Crippen MR) is 156 cm³/mol. The van der Waals surface area contributed by atoms with Crippen LogP contribution in [0.15, 0.2) is 58.8 Å². The van der Waals surface area contributed by atoms with Crippen LogP contribution < -0.4 is 0 Å². The number of aliphatic hydroxyl groups is 11. The molecule has 11 atom stereocenters. The van der Waals surface area contributed by atoms with Gasteiger partial charge in [0.1, 0.15) is 79.5 Å². The summed E-state index contributed by atoms with van der Waals surface area (Å²) in [5.41, 5.74) is -0.347. The van der Waals surface area contributed by atoms with Gasteiger partial charge >= 0.3 is 17.7 Å². The summed E-state index contributed by atoms with van der Waals surface area (Å²) < 4.78 is 26.4. The van der Waals surface area contributed by atoms with E-state index in [1.54, 1.807) is 0 Å². The Morgan fingerprint density at radius 1 is 0.816 bits per heavy atom. The second-order valence-electron chi connectivity index (χ2n) is 11.6. The first-order valence-electron chi connectivity index (χ1n) is 14.7. The number of carboxylic acid groups (broad SMARTS) is 1. The zero-order valence-electron chi connectivity index (χ0n) is 25.1. The maximum atomic E-state index is 11.8. The number of hydrogen-bond acceptors (Lipinski definition) is 17. The molecule has 49 heavy (non-hydrogen) atoms. The number of carbonyl (C=O) groups is 2. The molecular formula is C30H35O19+. The Balaban J connectivity index is 1.52. The normalized spacial score (nSPS) is 34.7. The number of aromatic hydroxyl groups is 2. The van der Waals surface area contributed by atoms with Crippen molar-refractivity contribution in [1.82, 2.24) is 0 Å². The van der Waals surface area contributed by atoms with Gasteiger partial charge in [0.15, 0.2) is 11.5 Å². The van der Waals surface area contributed by atoms with Crippen molar-refractivity contribution in [2.75, 3.05) is 13.2 Å². The standard InChI is InChI=1S/C30H34O19/c31-7-16-21(39)23(41)25(43)29(46-16)20-14(35)5-12(33)10-4-15(27(49-28(10)20)9-1-2-11(32)13(34)3-9)47-30-26(44)24(42)22(40)17(48-30)8-45-19(38)6-18(36)37/h1-5,16-17,21-26,28-35,39-44H,6-8H2,(H,36,37)/p+1/t16-,17+,21-,22+,23+,24-,25-,26+,28?,29+,30+/m0/s1. The maximum absolute atomic E-state index is 11.8. The Morgan fingerprint density at radius 3 is 2.14 bits per heavy atom. The summed E-state index contributed by atoms with van der Waals surface area (Å²) in [6.07, 6.45) is -18.1. The van der Waals surface area contributed by atoms with Crippen LogP contribution >= 0.6 is 0 Å². The summed E-state index contributed by atoms with van der Waals surface area (Å²) in [6, 6.07) is 3.41. The molecule has 1 aliphatic carbocycles. The van der Waals surface area contributed by atoms with E-state index in [-0.39, 0.29) is 28.2 Å². The van der Waals surface area contributed by atoms with E-state index in [1.165, 1.54) is 6.07 Å². The molecule has 0 saturated carbocycles. The molecule has 2 saturated heterocycles. The van der Waals surface area contributed by atoms with Crippen LogP contribution in [-0.4, -0.2) is 158 Å². The van der Waals surface area contributed by atoms with Gasteiger partial charge < -0.3 is 85.0 Å². The fourth-order valence-corrected chi connectivity index (χ4v) is 5.70. The number of rotatable bonds is 9. The average molecular weight is 700 g/mol. The Hall–Kier alpha value is -4.44. The summed E-state index contributed by atoms with van der Waals surface area (Å²) >= 11 is 0. The molecule has 2 fully saturated rings. The summed E-state index contributed by atoms with van der Waals surface area (Å²) in [7, 11) is 0. The SMILES string of the molecule is O=C(O)CC(=O)OC[C@H]1O[C@@H](OC2=C(c3ccc(O)c(O)c3)[OH+]C3C(=C2)C(O)=CC(O)=C3[C@H]2O[C@@H](CO)[C@H](O)[C@@H](O)[C@@H]2O)[C@H](O)[C@@H](O)[C@@H]1O. The molecule has 1 aromatic carbocycles. The number of phenolic OH excluding ortho intramolecular Hbond substituents is 2. The number of hydrogen-bond donors (Lipinski definition) is 12. The number of fused-ring (bicyclic) bond motifs is 1. The van der Waals surface area contributed by atoms with Crippen molar-refractivity contribution in [3.63, 3.8) is 0 Å². The van der Waals surface area contributed by atoms with Crippen molar-refractivity contribution < 1.29 is 94.6 Å². The fourth-order valence-electron chi connectivity index (χ4n) is 5.70. The first kappa shape index (κ1) is 35.9. The zero-order valence-corrected chi connectivity index (χ0v) is 25.1. The molecule has 13 N–H and O–H groups in total. The Labute approximate surface area is 275 Å². The molecule has 0 aromatic heterocycles. The molecular weight excluding hydrogens is 664 g/mol. The highest BCUT2D eigenvalue weighted by atomic mass is 16.7. The third-order valence-electron chi connectivity index (χ3n) is 8.30. The molecule has 1 aromatic rings. The molecule has 19 nitrogen and oxygen atoms in total. The van der Waals surface area contributed by atoms with Crippen molar-refractivity contribution in [3.8, 4) is 11.5 Å². The molecule has 0 radical (unpaired) electrons. The third kappa shape index (κ3) is 7.02. The lowest BCUT2D eigenvalue weighted by molar-refractivity contribution is -0.291. The van der Waals surface area contributed by atoms with Crippen molar-refractivity contribution in [3.05, 3.63) is 64.3 Å². The van der Waals surface area contributed by atoms with E-state index in [0.717, 1.165) is 24.3 Å². The summed E-state index contributed by atoms with van der Waals surface area (Å²) in [5, 5.41) is 124. The topological polar surface area (TPSA) is 327 Å². The van der Waals surface area contributed by atoms with Gasteiger partial charge in [0.25, 0.3) is 0 Å². The van der Waals surface area contributed by atoms with Crippen LogP contribution in [0, 0.1) is 0 Å². The second kappa shape index (κ2) is 14.2. The van der Waals surface area contributed by atoms with Gasteiger partial charge in [0.05, 0.1) is 23.3 Å². The molecule has 0 amide bonds. The maximum Gasteiger partial charge on any atom is 0.317 e. The van der Waals surface area contributed by atoms with E-state index in [0.29, 0.717) is 0 Å². The van der Waals surface area contributed by atoms with Crippen molar-refractivity contribution in [1.29, 1.82) is 0 Å². The van der Waals surface area contributed by atoms with Crippen LogP contribution in [0.25, 0.3) is 5.76 Å². The minimum atomic E-state index is -1.97. The molecule has 4 aliphatic rings. The monoisotopic (exact) mass is 699 g/mol. The van der Waals surface area contributed by atoms with Crippen LogP contribution in [0.1, 0.15) is 12.0 Å². The minimum Gasteiger partial charge on any atom is -0.571 e. The van der Waals surface area contributed by atoms with Crippen molar-refractivity contribution >= 4 is 17.7 Å². The molecule has 268 valence electrons. The molecule has 19 heteroatoms. The van der Waals surface area contributed by atoms with Gasteiger partial charge in [-0.1, -0.05) is 0 Å². The Bertz CT molecular complexity index is 1580. The molecule has 3 heterocycles. The van der Waals surface area contributed by atoms with Gasteiger partial charge in [-0.3, -0.25) is 9.59 Å². The number of benzene rings is 1. The van der Waals surface area contributed by atoms with Crippen LogP contribution in [0.3, 0.4) is 0 Å². The van der Waals surface area contributed by atoms with Gasteiger partial charge in [-0.25, -0.2) is 0 Å². The van der Waals surface area contributed by atoms with Gasteiger partial charge in [-0.2, -0.15) is 0 Å². The van der Waals surface area contributed by atoms with Gasteiger partial charge in [0, 0.05) is 18.2 Å². The Kier molecular flexibility index (Phi) is 10.4. The molecule has 0 spiro atoms. The number of aliphatic carboxylic acids is 1. The number of carboxylic acids is 1. The Morgan fingerprint density at radius 2 is 1.49 bits per heavy atom. The van der Waals surface area contributed by atoms with Gasteiger partial charge in [0.2, 0.25) is 18.2 Å². The van der Waals surface area contributed by atoms with Gasteiger partial charge in [-0.05, 0) is 12.1 Å². The first-order chi connectivity index (χ1) is 23.1. The van der Waals surface area contributed by atoms with E-state index in [1.807, 2.05) is 0 Å². The number of ether oxygens (including phenoxy) is 5. The zero-order chi connectivity index (χ0) is 35.9. The number of aliphatic hydroxyl groups excluding tert-OH is 9. The highest BCUT2D eigenvalue weighted by molar-refractivity contribution is 5.90. The quantitative estimate of drug-likeness (QED) is 0.0516. The number of phenols is 2. The summed E-state index contributed by atoms with van der Waals surface area (Å²) in [6.45, 7) is -1.56. The van der Waals surface area contributed by atoms with Crippen LogP contribution in [0.5, 0.6) is 11.5 Å². The van der Waals surface area contributed by atoms with E-state index in [4.69, 9.17) is 24.1 Å². The smallest absolute Gasteiger partial charge is 0.317 e. The predicted octanol–water partition coefficient (Wildman–Crippen LogP) is -3.44. The van der Waals surface area contributed by atoms with Crippen molar-refractivity contribution in [2.24, 2.45) is 0 Å². The molecule has 3 aliphatic heterocycles. The van der Waals surface area contributed by atoms with Crippen LogP contribution in [-0.2, 0) is 28.5 Å². The largest absolute Gasteiger partial charge is 0.571 e. The lowest BCUT2D eigenvalue weighted by Gasteiger charge is -2.43. The average Bonchev–Trinajstić information content (AvgIpc) is 3.05. The number of allylic oxidation sites excluding steroid dienone is 2. The third-order valence-corrected chi connectivity index (χ3v) is 8.30. The number of esters is 1. The second-order valence-corrected chi connectivity index (χ2v) is 11.6. The first-order valence-corrected chi connectivity index (χ1v) is 14.7. The highest BCUT2D eigenvalue weighted by Crippen LogP contribution is 2.43. The van der Waals surface area contributed by atoms with E-state index in [9.17, 15) is 65.8 Å². The van der Waals surface area contributed by atoms with E-state index < -0.39 is 122 Å². The van der Waals surface area contributed by atoms with Crippen molar-refractivity contribution in [2.45, 2.75) is 73.8 Å². The fraction of sp³-hybridized carbons (Fsp3) is 0.467. The van der Waals surface area contributed by atoms with Crippen LogP contribution in [0.4, 0.5) is 0 Å². The molecule has 0 bridgehead atoms. The minimum absolute atomic E-state index is 0.0207. The van der Waals surface area contributed by atoms with E-state index >= 15 is 0 Å². The molecule has 1 unspecified atom stereocenters. The lowest BCUT2D eigenvalue weighted by atomic mass is 9.82. The molecule has 5 rings (SSSR count). The lowest BCUT2D eigenvalue weighted by Crippen LogP contribution is -2.60. The number of carbonyl (C=O) groups excluding carboxylic acids is 1.